The van der Waals surface area contributed by atoms with Crippen molar-refractivity contribution in [2.24, 2.45) is 5.73 Å². The molecular weight excluding hydrogens is 360 g/mol. The van der Waals surface area contributed by atoms with E-state index < -0.39 is 17.5 Å². The van der Waals surface area contributed by atoms with Gasteiger partial charge in [0.15, 0.2) is 0 Å². The van der Waals surface area contributed by atoms with Crippen LogP contribution in [0.1, 0.15) is 18.9 Å². The van der Waals surface area contributed by atoms with E-state index in [0.717, 1.165) is 11.3 Å². The number of nitrogens with two attached hydrogens (primary N) is 1. The van der Waals surface area contributed by atoms with Crippen molar-refractivity contribution in [3.8, 4) is 5.75 Å². The van der Waals surface area contributed by atoms with Crippen LogP contribution < -0.4 is 15.8 Å². The minimum Gasteiger partial charge on any atom is -0.497 e. The zero-order valence-corrected chi connectivity index (χ0v) is 15.5. The maximum absolute atomic E-state index is 12.8. The van der Waals surface area contributed by atoms with Crippen LogP contribution in [-0.2, 0) is 15.1 Å². The van der Waals surface area contributed by atoms with Crippen LogP contribution in [-0.4, -0.2) is 60.4 Å². The average molecular weight is 383 g/mol. The number of nitrogens with one attached hydrogen (secondary N) is 1. The molecule has 0 saturated carbocycles. The van der Waals surface area contributed by atoms with Gasteiger partial charge in [0.1, 0.15) is 17.8 Å². The van der Waals surface area contributed by atoms with Crippen LogP contribution in [0.3, 0.4) is 0 Å². The fourth-order valence-electron chi connectivity index (χ4n) is 3.21. The van der Waals surface area contributed by atoms with Crippen molar-refractivity contribution < 1.29 is 19.1 Å². The average Bonchev–Trinajstić information content (AvgIpc) is 3.13. The monoisotopic (exact) mass is 382 g/mol. The number of ether oxygens (including phenoxy) is 1. The van der Waals surface area contributed by atoms with E-state index in [9.17, 15) is 14.4 Å². The number of benzene rings is 1. The van der Waals surface area contributed by atoms with Gasteiger partial charge in [-0.1, -0.05) is 12.1 Å². The Labute approximate surface area is 158 Å². The number of rotatable bonds is 4. The maximum atomic E-state index is 12.8. The van der Waals surface area contributed by atoms with Crippen LogP contribution in [0, 0.1) is 0 Å². The maximum Gasteiger partial charge on any atom is 0.325 e. The second-order valence-corrected chi connectivity index (χ2v) is 6.56. The summed E-state index contributed by atoms with van der Waals surface area (Å²) in [7, 11) is 1.55. The van der Waals surface area contributed by atoms with Gasteiger partial charge in [0.2, 0.25) is 5.91 Å². The van der Waals surface area contributed by atoms with Gasteiger partial charge >= 0.3 is 6.03 Å². The van der Waals surface area contributed by atoms with E-state index in [1.165, 1.54) is 0 Å². The summed E-state index contributed by atoms with van der Waals surface area (Å²) in [4.78, 5) is 40.0. The first-order chi connectivity index (χ1) is 11.8. The number of urea groups is 1. The smallest absolute Gasteiger partial charge is 0.325 e. The molecule has 0 bridgehead atoms. The van der Waals surface area contributed by atoms with Gasteiger partial charge in [-0.2, -0.15) is 0 Å². The number of carbonyl (C=O) groups excluding carboxylic acids is 3. The summed E-state index contributed by atoms with van der Waals surface area (Å²) < 4.78 is 5.11. The minimum atomic E-state index is -1.20. The lowest BCUT2D eigenvalue weighted by atomic mass is 9.92. The lowest BCUT2D eigenvalue weighted by molar-refractivity contribution is -0.138. The normalized spacial score (nSPS) is 25.1. The zero-order chi connectivity index (χ0) is 18.2. The van der Waals surface area contributed by atoms with Crippen molar-refractivity contribution in [1.29, 1.82) is 0 Å². The van der Waals surface area contributed by atoms with Crippen molar-refractivity contribution in [3.63, 3.8) is 0 Å². The molecule has 0 aliphatic carbocycles. The molecule has 26 heavy (non-hydrogen) atoms. The van der Waals surface area contributed by atoms with Crippen LogP contribution in [0.25, 0.3) is 0 Å². The largest absolute Gasteiger partial charge is 0.497 e. The van der Waals surface area contributed by atoms with Crippen LogP contribution in [0.15, 0.2) is 24.3 Å². The van der Waals surface area contributed by atoms with Gasteiger partial charge in [-0.05, 0) is 31.0 Å². The number of hydrogen-bond acceptors (Lipinski definition) is 5. The van der Waals surface area contributed by atoms with Gasteiger partial charge in [-0.15, -0.1) is 12.4 Å². The Morgan fingerprint density at radius 3 is 2.54 bits per heavy atom. The highest BCUT2D eigenvalue weighted by Gasteiger charge is 2.49. The number of carbonyl (C=O) groups is 3. The minimum absolute atomic E-state index is 0. The fraction of sp³-hybridized carbons (Fsp3) is 0.471. The van der Waals surface area contributed by atoms with Crippen molar-refractivity contribution >= 4 is 30.3 Å². The van der Waals surface area contributed by atoms with Crippen LogP contribution in [0.4, 0.5) is 4.79 Å². The van der Waals surface area contributed by atoms with Gasteiger partial charge < -0.3 is 20.7 Å². The highest BCUT2D eigenvalue weighted by atomic mass is 35.5. The summed E-state index contributed by atoms with van der Waals surface area (Å²) in [5.74, 6) is -0.0588. The molecule has 3 rings (SSSR count). The van der Waals surface area contributed by atoms with Crippen molar-refractivity contribution in [2.75, 3.05) is 26.7 Å². The third-order valence-electron chi connectivity index (χ3n) is 4.81. The molecule has 2 aliphatic heterocycles. The van der Waals surface area contributed by atoms with Crippen LogP contribution in [0.5, 0.6) is 5.75 Å². The molecule has 1 aromatic rings. The van der Waals surface area contributed by atoms with E-state index in [2.05, 4.69) is 5.32 Å². The highest BCUT2D eigenvalue weighted by Crippen LogP contribution is 2.30. The SMILES string of the molecule is COc1ccc(C2(C)NC(=O)N(CC(=O)N3CC[C@@H](N)C3)C2=O)cc1.Cl. The lowest BCUT2D eigenvalue weighted by Gasteiger charge is -2.23. The van der Waals surface area contributed by atoms with E-state index in [1.807, 2.05) is 0 Å². The predicted octanol–water partition coefficient (Wildman–Crippen LogP) is 0.444. The summed E-state index contributed by atoms with van der Waals surface area (Å²) in [5.41, 5.74) is 5.23. The Bertz CT molecular complexity index is 711. The molecule has 1 unspecified atom stereocenters. The molecule has 2 saturated heterocycles. The van der Waals surface area contributed by atoms with Gasteiger partial charge in [-0.25, -0.2) is 4.79 Å². The molecule has 2 heterocycles. The molecule has 8 nitrogen and oxygen atoms in total. The predicted molar refractivity (Wildman–Crippen MR) is 97.0 cm³/mol. The molecule has 9 heteroatoms. The Balaban J connectivity index is 0.00000243. The molecular formula is C17H23ClN4O4. The standard InChI is InChI=1S/C17H22N4O4.ClH/c1-17(11-3-5-13(25-2)6-4-11)15(23)21(16(24)19-17)10-14(22)20-8-7-12(18)9-20;/h3-6,12H,7-10,18H2,1-2H3,(H,19,24);1H/t12-,17?;/m1./s1. The van der Waals surface area contributed by atoms with Gasteiger partial charge in [-0.3, -0.25) is 14.5 Å². The second kappa shape index (κ2) is 7.51. The highest BCUT2D eigenvalue weighted by molar-refractivity contribution is 6.09. The Kier molecular flexibility index (Phi) is 5.77. The second-order valence-electron chi connectivity index (χ2n) is 6.56. The summed E-state index contributed by atoms with van der Waals surface area (Å²) >= 11 is 0. The molecule has 2 fully saturated rings. The fourth-order valence-corrected chi connectivity index (χ4v) is 3.21. The number of halogens is 1. The van der Waals surface area contributed by atoms with E-state index in [4.69, 9.17) is 10.5 Å². The van der Waals surface area contributed by atoms with E-state index >= 15 is 0 Å². The lowest BCUT2D eigenvalue weighted by Crippen LogP contribution is -2.44. The molecule has 4 amide bonds. The number of methoxy groups -OCH3 is 1. The molecule has 0 aromatic heterocycles. The quantitative estimate of drug-likeness (QED) is 0.735. The van der Waals surface area contributed by atoms with Crippen molar-refractivity contribution in [2.45, 2.75) is 24.9 Å². The first-order valence-corrected chi connectivity index (χ1v) is 8.17. The number of hydrogen-bond donors (Lipinski definition) is 2. The summed E-state index contributed by atoms with van der Waals surface area (Å²) in [6.07, 6.45) is 0.732. The summed E-state index contributed by atoms with van der Waals surface area (Å²) in [6.45, 7) is 2.37. The molecule has 3 N–H and O–H groups in total. The Hall–Kier alpha value is -2.32. The Morgan fingerprint density at radius 2 is 2.00 bits per heavy atom. The van der Waals surface area contributed by atoms with Gasteiger partial charge in [0, 0.05) is 19.1 Å². The van der Waals surface area contributed by atoms with Crippen LogP contribution in [0.2, 0.25) is 0 Å². The first kappa shape index (κ1) is 20.0. The van der Waals surface area contributed by atoms with Gasteiger partial charge in [0.05, 0.1) is 7.11 Å². The van der Waals surface area contributed by atoms with E-state index in [0.29, 0.717) is 24.4 Å². The Morgan fingerprint density at radius 1 is 1.35 bits per heavy atom. The number of likely N-dealkylation sites (tertiary alicyclic amines) is 1. The van der Waals surface area contributed by atoms with E-state index in [1.54, 1.807) is 43.2 Å². The van der Waals surface area contributed by atoms with E-state index in [-0.39, 0.29) is 30.9 Å². The molecule has 2 aliphatic rings. The summed E-state index contributed by atoms with van der Waals surface area (Å²) in [6, 6.07) is 6.28. The number of imide groups is 1. The molecule has 2 atom stereocenters. The summed E-state index contributed by atoms with van der Waals surface area (Å²) in [5, 5.41) is 2.69. The van der Waals surface area contributed by atoms with Crippen LogP contribution >= 0.6 is 12.4 Å². The number of nitrogens with zero attached hydrogens (tertiary/aromatic N) is 2. The number of amides is 4. The third kappa shape index (κ3) is 3.47. The molecule has 1 aromatic carbocycles. The van der Waals surface area contributed by atoms with Crippen molar-refractivity contribution in [1.82, 2.24) is 15.1 Å². The molecule has 142 valence electrons. The van der Waals surface area contributed by atoms with Gasteiger partial charge in [0.25, 0.3) is 5.91 Å². The van der Waals surface area contributed by atoms with Crippen molar-refractivity contribution in [3.05, 3.63) is 29.8 Å². The zero-order valence-electron chi connectivity index (χ0n) is 14.7. The third-order valence-corrected chi connectivity index (χ3v) is 4.81. The topological polar surface area (TPSA) is 105 Å². The molecule has 0 spiro atoms. The molecule has 0 radical (unpaired) electrons. The first-order valence-electron chi connectivity index (χ1n) is 8.17.